The van der Waals surface area contributed by atoms with Crippen molar-refractivity contribution in [2.24, 2.45) is 0 Å². The monoisotopic (exact) mass is 199 g/mol. The van der Waals surface area contributed by atoms with E-state index < -0.39 is 0 Å². The van der Waals surface area contributed by atoms with Crippen LogP contribution in [-0.2, 0) is 4.79 Å². The van der Waals surface area contributed by atoms with Gasteiger partial charge in [0.25, 0.3) is 0 Å². The van der Waals surface area contributed by atoms with E-state index in [-0.39, 0.29) is 6.10 Å². The van der Waals surface area contributed by atoms with E-state index in [9.17, 15) is 4.79 Å². The van der Waals surface area contributed by atoms with Gasteiger partial charge in [-0.2, -0.15) is 0 Å². The SMILES string of the molecule is CC(O)CCCCC(=O)N1CCCC1. The first-order valence-corrected chi connectivity index (χ1v) is 5.66. The molecule has 0 aromatic rings. The molecule has 1 unspecified atom stereocenters. The fourth-order valence-electron chi connectivity index (χ4n) is 1.84. The van der Waals surface area contributed by atoms with Crippen LogP contribution < -0.4 is 0 Å². The summed E-state index contributed by atoms with van der Waals surface area (Å²) in [6.07, 6.45) is 5.45. The van der Waals surface area contributed by atoms with Gasteiger partial charge in [0, 0.05) is 19.5 Å². The third-order valence-corrected chi connectivity index (χ3v) is 2.72. The third-order valence-electron chi connectivity index (χ3n) is 2.72. The largest absolute Gasteiger partial charge is 0.393 e. The highest BCUT2D eigenvalue weighted by atomic mass is 16.3. The van der Waals surface area contributed by atoms with Gasteiger partial charge in [-0.25, -0.2) is 0 Å². The maximum absolute atomic E-state index is 11.6. The molecule has 1 fully saturated rings. The van der Waals surface area contributed by atoms with Crippen LogP contribution in [0.4, 0.5) is 0 Å². The molecule has 14 heavy (non-hydrogen) atoms. The van der Waals surface area contributed by atoms with Gasteiger partial charge < -0.3 is 10.0 Å². The van der Waals surface area contributed by atoms with Crippen molar-refractivity contribution in [3.05, 3.63) is 0 Å². The molecule has 0 radical (unpaired) electrons. The molecule has 0 bridgehead atoms. The van der Waals surface area contributed by atoms with Crippen LogP contribution in [-0.4, -0.2) is 35.1 Å². The Morgan fingerprint density at radius 2 is 2.00 bits per heavy atom. The van der Waals surface area contributed by atoms with E-state index in [2.05, 4.69) is 0 Å². The van der Waals surface area contributed by atoms with Crippen molar-refractivity contribution >= 4 is 5.91 Å². The van der Waals surface area contributed by atoms with E-state index in [4.69, 9.17) is 5.11 Å². The highest BCUT2D eigenvalue weighted by Crippen LogP contribution is 2.11. The average molecular weight is 199 g/mol. The Bertz CT molecular complexity index is 174. The topological polar surface area (TPSA) is 40.5 Å². The molecule has 0 aromatic carbocycles. The van der Waals surface area contributed by atoms with Gasteiger partial charge in [0.2, 0.25) is 5.91 Å². The minimum absolute atomic E-state index is 0.225. The third kappa shape index (κ3) is 4.09. The number of carbonyl (C=O) groups is 1. The molecule has 1 amide bonds. The predicted molar refractivity (Wildman–Crippen MR) is 56.0 cm³/mol. The Balaban J connectivity index is 2.03. The molecule has 82 valence electrons. The molecular weight excluding hydrogens is 178 g/mol. The quantitative estimate of drug-likeness (QED) is 0.682. The van der Waals surface area contributed by atoms with Crippen LogP contribution >= 0.6 is 0 Å². The zero-order chi connectivity index (χ0) is 10.4. The minimum Gasteiger partial charge on any atom is -0.393 e. The van der Waals surface area contributed by atoms with Gasteiger partial charge in [-0.15, -0.1) is 0 Å². The number of hydrogen-bond acceptors (Lipinski definition) is 2. The molecule has 3 nitrogen and oxygen atoms in total. The molecule has 0 spiro atoms. The van der Waals surface area contributed by atoms with E-state index in [0.29, 0.717) is 12.3 Å². The van der Waals surface area contributed by atoms with Gasteiger partial charge in [0.1, 0.15) is 0 Å². The molecule has 0 aromatic heterocycles. The molecule has 1 rings (SSSR count). The summed E-state index contributed by atoms with van der Waals surface area (Å²) in [6.45, 7) is 3.70. The lowest BCUT2D eigenvalue weighted by molar-refractivity contribution is -0.130. The van der Waals surface area contributed by atoms with Crippen molar-refractivity contribution in [1.29, 1.82) is 0 Å². The van der Waals surface area contributed by atoms with Crippen LogP contribution in [0.15, 0.2) is 0 Å². The highest BCUT2D eigenvalue weighted by molar-refractivity contribution is 5.76. The highest BCUT2D eigenvalue weighted by Gasteiger charge is 2.16. The number of rotatable bonds is 5. The summed E-state index contributed by atoms with van der Waals surface area (Å²) in [5.41, 5.74) is 0. The van der Waals surface area contributed by atoms with Crippen molar-refractivity contribution in [3.63, 3.8) is 0 Å². The maximum Gasteiger partial charge on any atom is 0.222 e. The summed E-state index contributed by atoms with van der Waals surface area (Å²) in [4.78, 5) is 13.5. The Morgan fingerprint density at radius 1 is 1.36 bits per heavy atom. The van der Waals surface area contributed by atoms with Gasteiger partial charge in [-0.1, -0.05) is 6.42 Å². The van der Waals surface area contributed by atoms with Crippen LogP contribution in [0.2, 0.25) is 0 Å². The summed E-state index contributed by atoms with van der Waals surface area (Å²) >= 11 is 0. The Labute approximate surface area is 86.1 Å². The zero-order valence-corrected chi connectivity index (χ0v) is 9.04. The lowest BCUT2D eigenvalue weighted by Gasteiger charge is -2.14. The Morgan fingerprint density at radius 3 is 2.57 bits per heavy atom. The Kier molecular flexibility index (Phi) is 4.94. The van der Waals surface area contributed by atoms with E-state index in [0.717, 1.165) is 32.4 Å². The number of aliphatic hydroxyl groups excluding tert-OH is 1. The van der Waals surface area contributed by atoms with Crippen molar-refractivity contribution in [3.8, 4) is 0 Å². The number of amides is 1. The van der Waals surface area contributed by atoms with E-state index >= 15 is 0 Å². The fraction of sp³-hybridized carbons (Fsp3) is 0.909. The second kappa shape index (κ2) is 6.02. The second-order valence-corrected chi connectivity index (χ2v) is 4.18. The number of unbranched alkanes of at least 4 members (excludes halogenated alkanes) is 1. The van der Waals surface area contributed by atoms with E-state index in [1.807, 2.05) is 4.90 Å². The summed E-state index contributed by atoms with van der Waals surface area (Å²) in [7, 11) is 0. The summed E-state index contributed by atoms with van der Waals surface area (Å²) in [5, 5.41) is 9.03. The van der Waals surface area contributed by atoms with Crippen LogP contribution in [0.1, 0.15) is 45.4 Å². The smallest absolute Gasteiger partial charge is 0.222 e. The summed E-state index contributed by atoms with van der Waals surface area (Å²) < 4.78 is 0. The van der Waals surface area contributed by atoms with Crippen molar-refractivity contribution in [2.45, 2.75) is 51.6 Å². The standard InChI is InChI=1S/C11H21NO2/c1-10(13)6-2-3-7-11(14)12-8-4-5-9-12/h10,13H,2-9H2,1H3. The van der Waals surface area contributed by atoms with E-state index in [1.54, 1.807) is 6.92 Å². The van der Waals surface area contributed by atoms with Crippen molar-refractivity contribution in [2.75, 3.05) is 13.1 Å². The molecule has 0 aliphatic carbocycles. The van der Waals surface area contributed by atoms with Crippen LogP contribution in [0, 0.1) is 0 Å². The fourth-order valence-corrected chi connectivity index (χ4v) is 1.84. The lowest BCUT2D eigenvalue weighted by atomic mass is 10.1. The van der Waals surface area contributed by atoms with Gasteiger partial charge >= 0.3 is 0 Å². The molecule has 1 aliphatic heterocycles. The molecule has 1 atom stereocenters. The molecule has 0 saturated carbocycles. The normalized spacial score (nSPS) is 18.6. The molecule has 1 saturated heterocycles. The number of carbonyl (C=O) groups excluding carboxylic acids is 1. The lowest BCUT2D eigenvalue weighted by Crippen LogP contribution is -2.27. The molecular formula is C11H21NO2. The minimum atomic E-state index is -0.225. The summed E-state index contributed by atoms with van der Waals surface area (Å²) in [6, 6.07) is 0. The molecule has 1 N–H and O–H groups in total. The number of nitrogens with zero attached hydrogens (tertiary/aromatic N) is 1. The van der Waals surface area contributed by atoms with Gasteiger partial charge in [-0.3, -0.25) is 4.79 Å². The number of hydrogen-bond donors (Lipinski definition) is 1. The first-order valence-electron chi connectivity index (χ1n) is 5.66. The van der Waals surface area contributed by atoms with Gasteiger partial charge in [0.05, 0.1) is 6.10 Å². The van der Waals surface area contributed by atoms with Gasteiger partial charge in [-0.05, 0) is 32.6 Å². The van der Waals surface area contributed by atoms with Crippen molar-refractivity contribution in [1.82, 2.24) is 4.90 Å². The van der Waals surface area contributed by atoms with E-state index in [1.165, 1.54) is 12.8 Å². The van der Waals surface area contributed by atoms with Crippen LogP contribution in [0.5, 0.6) is 0 Å². The molecule has 1 aliphatic rings. The second-order valence-electron chi connectivity index (χ2n) is 4.18. The van der Waals surface area contributed by atoms with Crippen LogP contribution in [0.25, 0.3) is 0 Å². The number of likely N-dealkylation sites (tertiary alicyclic amines) is 1. The first kappa shape index (κ1) is 11.5. The number of aliphatic hydroxyl groups is 1. The Hall–Kier alpha value is -0.570. The molecule has 1 heterocycles. The predicted octanol–water partition coefficient (Wildman–Crippen LogP) is 1.55. The van der Waals surface area contributed by atoms with Gasteiger partial charge in [0.15, 0.2) is 0 Å². The average Bonchev–Trinajstić information content (AvgIpc) is 2.64. The first-order chi connectivity index (χ1) is 6.70. The summed E-state index contributed by atoms with van der Waals surface area (Å²) in [5.74, 6) is 0.299. The van der Waals surface area contributed by atoms with Crippen LogP contribution in [0.3, 0.4) is 0 Å². The van der Waals surface area contributed by atoms with Crippen molar-refractivity contribution < 1.29 is 9.90 Å². The molecule has 3 heteroatoms. The maximum atomic E-state index is 11.6. The zero-order valence-electron chi connectivity index (χ0n) is 9.04.